The van der Waals surface area contributed by atoms with E-state index in [1.165, 1.54) is 0 Å². The monoisotopic (exact) mass is 308 g/mol. The molecule has 0 aliphatic carbocycles. The van der Waals surface area contributed by atoms with Gasteiger partial charge >= 0.3 is 6.01 Å². The smallest absolute Gasteiger partial charge is 0.340 e. The fourth-order valence-electron chi connectivity index (χ4n) is 1.97. The van der Waals surface area contributed by atoms with Crippen LogP contribution in [0.4, 0.5) is 6.01 Å². The lowest BCUT2D eigenvalue weighted by Crippen LogP contribution is -2.37. The van der Waals surface area contributed by atoms with E-state index < -0.39 is 6.10 Å². The normalized spacial score (nSPS) is 17.7. The van der Waals surface area contributed by atoms with Crippen molar-refractivity contribution >= 4 is 23.5 Å². The van der Waals surface area contributed by atoms with E-state index >= 15 is 0 Å². The summed E-state index contributed by atoms with van der Waals surface area (Å²) >= 11 is 5.82. The first kappa shape index (κ1) is 13.8. The summed E-state index contributed by atoms with van der Waals surface area (Å²) in [6.07, 6.45) is 1.18. The molecule has 3 rings (SSSR count). The zero-order chi connectivity index (χ0) is 14.7. The first-order valence-corrected chi connectivity index (χ1v) is 6.87. The highest BCUT2D eigenvalue weighted by Gasteiger charge is 2.23. The molecule has 1 unspecified atom stereocenters. The molecule has 1 fully saturated rings. The predicted molar refractivity (Wildman–Crippen MR) is 75.5 cm³/mol. The third-order valence-electron chi connectivity index (χ3n) is 3.04. The molecule has 110 valence electrons. The zero-order valence-corrected chi connectivity index (χ0v) is 11.8. The lowest BCUT2D eigenvalue weighted by atomic mass is 10.2. The van der Waals surface area contributed by atoms with Gasteiger partial charge in [-0.15, -0.1) is 0 Å². The van der Waals surface area contributed by atoms with Gasteiger partial charge in [-0.1, -0.05) is 16.8 Å². The summed E-state index contributed by atoms with van der Waals surface area (Å²) in [4.78, 5) is 15.9. The number of anilines is 1. The minimum atomic E-state index is -0.420. The molecule has 2 aromatic rings. The summed E-state index contributed by atoms with van der Waals surface area (Å²) in [5, 5.41) is 4.45. The van der Waals surface area contributed by atoms with Crippen molar-refractivity contribution < 1.29 is 14.1 Å². The number of nitrogens with one attached hydrogen (secondary N) is 2. The van der Waals surface area contributed by atoms with Gasteiger partial charge in [0.1, 0.15) is 6.10 Å². The fourth-order valence-corrected chi connectivity index (χ4v) is 2.10. The quantitative estimate of drug-likeness (QED) is 0.840. The second-order valence-corrected chi connectivity index (χ2v) is 4.98. The first-order chi connectivity index (χ1) is 10.2. The van der Waals surface area contributed by atoms with Crippen molar-refractivity contribution in [1.82, 2.24) is 15.6 Å². The number of ether oxygens (including phenoxy) is 1. The number of amides is 1. The van der Waals surface area contributed by atoms with Gasteiger partial charge in [-0.25, -0.2) is 5.43 Å². The summed E-state index contributed by atoms with van der Waals surface area (Å²) in [6, 6.07) is 7.13. The summed E-state index contributed by atoms with van der Waals surface area (Å²) in [6.45, 7) is 0.610. The van der Waals surface area contributed by atoms with Gasteiger partial charge in [0, 0.05) is 17.2 Å². The highest BCUT2D eigenvalue weighted by Crippen LogP contribution is 2.19. The van der Waals surface area contributed by atoms with Crippen molar-refractivity contribution in [2.24, 2.45) is 0 Å². The molecule has 1 aromatic carbocycles. The highest BCUT2D eigenvalue weighted by atomic mass is 35.5. The van der Waals surface area contributed by atoms with Crippen molar-refractivity contribution in [3.05, 3.63) is 29.3 Å². The average molecular weight is 309 g/mol. The van der Waals surface area contributed by atoms with Gasteiger partial charge in [-0.3, -0.25) is 10.2 Å². The Labute approximate surface area is 125 Å². The van der Waals surface area contributed by atoms with Crippen LogP contribution in [0, 0.1) is 0 Å². The van der Waals surface area contributed by atoms with E-state index in [-0.39, 0.29) is 11.9 Å². The maximum absolute atomic E-state index is 11.7. The van der Waals surface area contributed by atoms with Crippen LogP contribution in [0.1, 0.15) is 12.8 Å². The molecule has 0 saturated carbocycles. The van der Waals surface area contributed by atoms with Gasteiger partial charge in [0.15, 0.2) is 0 Å². The van der Waals surface area contributed by atoms with Crippen molar-refractivity contribution in [1.29, 1.82) is 0 Å². The molecule has 1 atom stereocenters. The van der Waals surface area contributed by atoms with Crippen molar-refractivity contribution in [2.75, 3.05) is 12.0 Å². The largest absolute Gasteiger partial charge is 0.368 e. The number of aromatic nitrogens is 2. The topological polar surface area (TPSA) is 89.3 Å². The second-order valence-electron chi connectivity index (χ2n) is 4.55. The molecule has 8 heteroatoms. The molecule has 21 heavy (non-hydrogen) atoms. The number of benzene rings is 1. The van der Waals surface area contributed by atoms with E-state index in [1.54, 1.807) is 24.3 Å². The molecular weight excluding hydrogens is 296 g/mol. The molecule has 1 aliphatic rings. The fraction of sp³-hybridized carbons (Fsp3) is 0.308. The van der Waals surface area contributed by atoms with Gasteiger partial charge in [0.05, 0.1) is 0 Å². The Morgan fingerprint density at radius 1 is 1.33 bits per heavy atom. The molecule has 1 amide bonds. The van der Waals surface area contributed by atoms with Gasteiger partial charge < -0.3 is 9.26 Å². The summed E-state index contributed by atoms with van der Waals surface area (Å²) in [7, 11) is 0. The highest BCUT2D eigenvalue weighted by molar-refractivity contribution is 6.30. The summed E-state index contributed by atoms with van der Waals surface area (Å²) < 4.78 is 10.3. The zero-order valence-electron chi connectivity index (χ0n) is 11.0. The average Bonchev–Trinajstić information content (AvgIpc) is 3.17. The molecule has 1 aromatic heterocycles. The maximum Gasteiger partial charge on any atom is 0.340 e. The van der Waals surface area contributed by atoms with Crippen LogP contribution in [0.5, 0.6) is 0 Å². The van der Waals surface area contributed by atoms with Crippen molar-refractivity contribution in [3.8, 4) is 11.4 Å². The molecule has 1 saturated heterocycles. The summed E-state index contributed by atoms with van der Waals surface area (Å²) in [5.74, 6) is 0.152. The molecule has 2 heterocycles. The van der Waals surface area contributed by atoms with E-state index in [0.29, 0.717) is 23.9 Å². The minimum Gasteiger partial charge on any atom is -0.368 e. The molecule has 2 N–H and O–H groups in total. The number of halogens is 1. The van der Waals surface area contributed by atoms with Gasteiger partial charge in [-0.05, 0) is 37.1 Å². The van der Waals surface area contributed by atoms with Crippen LogP contribution in [0.2, 0.25) is 5.02 Å². The summed E-state index contributed by atoms with van der Waals surface area (Å²) in [5.41, 5.74) is 5.83. The van der Waals surface area contributed by atoms with Crippen LogP contribution >= 0.6 is 11.6 Å². The number of hydrogen-bond donors (Lipinski definition) is 2. The van der Waals surface area contributed by atoms with Crippen molar-refractivity contribution in [3.63, 3.8) is 0 Å². The molecule has 1 aliphatic heterocycles. The lowest BCUT2D eigenvalue weighted by molar-refractivity contribution is -0.129. The van der Waals surface area contributed by atoms with Crippen molar-refractivity contribution in [2.45, 2.75) is 18.9 Å². The molecular formula is C13H13ClN4O3. The van der Waals surface area contributed by atoms with Crippen LogP contribution in [-0.2, 0) is 9.53 Å². The van der Waals surface area contributed by atoms with E-state index in [2.05, 4.69) is 21.0 Å². The Morgan fingerprint density at radius 3 is 2.86 bits per heavy atom. The van der Waals surface area contributed by atoms with Crippen LogP contribution < -0.4 is 10.9 Å². The Kier molecular flexibility index (Phi) is 4.03. The second kappa shape index (κ2) is 6.11. The molecule has 0 radical (unpaired) electrons. The van der Waals surface area contributed by atoms with Crippen LogP contribution in [0.25, 0.3) is 11.4 Å². The number of carbonyl (C=O) groups excluding carboxylic acids is 1. The Balaban J connectivity index is 1.60. The molecule has 0 bridgehead atoms. The van der Waals surface area contributed by atoms with Gasteiger partial charge in [0.2, 0.25) is 5.82 Å². The Morgan fingerprint density at radius 2 is 2.14 bits per heavy atom. The van der Waals surface area contributed by atoms with E-state index in [4.69, 9.17) is 20.9 Å². The molecule has 0 spiro atoms. The Bertz CT molecular complexity index is 623. The van der Waals surface area contributed by atoms with E-state index in [9.17, 15) is 4.79 Å². The number of carbonyl (C=O) groups is 1. The Hall–Kier alpha value is -2.12. The standard InChI is InChI=1S/C13H13ClN4O3/c14-9-5-3-8(4-6-9)11-15-13(21-18-11)17-16-12(19)10-2-1-7-20-10/h3-6,10H,1-2,7H2,(H,16,19)(H,15,17,18). The number of hydrogen-bond acceptors (Lipinski definition) is 6. The van der Waals surface area contributed by atoms with Gasteiger partial charge in [0.25, 0.3) is 5.91 Å². The van der Waals surface area contributed by atoms with Crippen LogP contribution in [0.3, 0.4) is 0 Å². The number of hydrazine groups is 1. The van der Waals surface area contributed by atoms with E-state index in [0.717, 1.165) is 12.0 Å². The van der Waals surface area contributed by atoms with Crippen LogP contribution in [-0.4, -0.2) is 28.8 Å². The SMILES string of the molecule is O=C(NNc1nc(-c2ccc(Cl)cc2)no1)C1CCCO1. The third-order valence-corrected chi connectivity index (χ3v) is 3.30. The number of rotatable bonds is 4. The minimum absolute atomic E-state index is 0.103. The van der Waals surface area contributed by atoms with E-state index in [1.807, 2.05) is 0 Å². The maximum atomic E-state index is 11.7. The van der Waals surface area contributed by atoms with Gasteiger partial charge in [-0.2, -0.15) is 4.98 Å². The first-order valence-electron chi connectivity index (χ1n) is 6.49. The van der Waals surface area contributed by atoms with Crippen LogP contribution in [0.15, 0.2) is 28.8 Å². The third kappa shape index (κ3) is 3.32. The number of nitrogens with zero attached hydrogens (tertiary/aromatic N) is 2. The lowest BCUT2D eigenvalue weighted by Gasteiger charge is -2.09. The predicted octanol–water partition coefficient (Wildman–Crippen LogP) is 2.01. The molecule has 7 nitrogen and oxygen atoms in total.